The van der Waals surface area contributed by atoms with Crippen molar-refractivity contribution in [2.24, 2.45) is 15.4 Å². The Morgan fingerprint density at radius 3 is 2.14 bits per heavy atom. The Bertz CT molecular complexity index is 800. The molecule has 2 aromatic carbocycles. The predicted octanol–water partition coefficient (Wildman–Crippen LogP) is 1.62. The van der Waals surface area contributed by atoms with Crippen molar-refractivity contribution in [2.75, 3.05) is 11.5 Å². The van der Waals surface area contributed by atoms with E-state index in [1.807, 2.05) is 0 Å². The molecule has 0 radical (unpaired) electrons. The van der Waals surface area contributed by atoms with Crippen molar-refractivity contribution >= 4 is 32.8 Å². The average molecular weight is 307 g/mol. The molecule has 21 heavy (non-hydrogen) atoms. The first-order chi connectivity index (χ1) is 9.79. The molecule has 0 saturated heterocycles. The van der Waals surface area contributed by atoms with Crippen LogP contribution in [0, 0.1) is 0 Å². The molecule has 8 nitrogen and oxygen atoms in total. The third kappa shape index (κ3) is 3.27. The van der Waals surface area contributed by atoms with Gasteiger partial charge in [0, 0.05) is 0 Å². The summed E-state index contributed by atoms with van der Waals surface area (Å²) in [5.41, 5.74) is 11.9. The highest BCUT2D eigenvalue weighted by molar-refractivity contribution is 7.89. The fourth-order valence-corrected chi connectivity index (χ4v) is 2.03. The standard InChI is InChI=1S/C12H13N5O3S/c13-9-5-6-10(11(14)12(9)18)17-16-7-1-3-8(4-2-7)21(15,19)20/h1-6,18H,13-14H2,(H2,15,19,20). The van der Waals surface area contributed by atoms with Crippen LogP contribution in [0.5, 0.6) is 5.75 Å². The molecule has 0 aliphatic rings. The molecule has 2 rings (SSSR count). The topological polar surface area (TPSA) is 157 Å². The molecule has 0 aliphatic carbocycles. The Morgan fingerprint density at radius 2 is 1.57 bits per heavy atom. The van der Waals surface area contributed by atoms with Gasteiger partial charge < -0.3 is 16.6 Å². The first-order valence-electron chi connectivity index (χ1n) is 5.70. The van der Waals surface area contributed by atoms with Crippen LogP contribution in [-0.2, 0) is 10.0 Å². The normalized spacial score (nSPS) is 11.9. The molecule has 110 valence electrons. The number of rotatable bonds is 3. The zero-order valence-electron chi connectivity index (χ0n) is 10.8. The lowest BCUT2D eigenvalue weighted by Crippen LogP contribution is -2.11. The lowest BCUT2D eigenvalue weighted by atomic mass is 10.2. The number of aromatic hydroxyl groups is 1. The third-order valence-corrected chi connectivity index (χ3v) is 3.59. The molecular formula is C12H13N5O3S. The van der Waals surface area contributed by atoms with E-state index in [0.29, 0.717) is 5.69 Å². The zero-order chi connectivity index (χ0) is 15.6. The number of azo groups is 1. The summed E-state index contributed by atoms with van der Waals surface area (Å²) in [6.07, 6.45) is 0. The van der Waals surface area contributed by atoms with Crippen LogP contribution >= 0.6 is 0 Å². The number of benzene rings is 2. The maximum Gasteiger partial charge on any atom is 0.238 e. The van der Waals surface area contributed by atoms with E-state index in [4.69, 9.17) is 16.6 Å². The fourth-order valence-electron chi connectivity index (χ4n) is 1.52. The highest BCUT2D eigenvalue weighted by Crippen LogP contribution is 2.36. The second kappa shape index (κ2) is 5.38. The van der Waals surface area contributed by atoms with Crippen LogP contribution in [0.25, 0.3) is 0 Å². The second-order valence-electron chi connectivity index (χ2n) is 4.18. The Morgan fingerprint density at radius 1 is 0.952 bits per heavy atom. The van der Waals surface area contributed by atoms with Gasteiger partial charge in [0.05, 0.1) is 16.3 Å². The van der Waals surface area contributed by atoms with Gasteiger partial charge in [0.25, 0.3) is 0 Å². The van der Waals surface area contributed by atoms with Crippen molar-refractivity contribution in [3.63, 3.8) is 0 Å². The summed E-state index contributed by atoms with van der Waals surface area (Å²) in [6.45, 7) is 0. The maximum atomic E-state index is 11.1. The first-order valence-corrected chi connectivity index (χ1v) is 7.25. The van der Waals surface area contributed by atoms with Crippen molar-refractivity contribution in [1.82, 2.24) is 0 Å². The number of anilines is 2. The molecule has 0 aromatic heterocycles. The van der Waals surface area contributed by atoms with Crippen molar-refractivity contribution in [3.05, 3.63) is 36.4 Å². The van der Waals surface area contributed by atoms with E-state index in [0.717, 1.165) is 0 Å². The molecule has 0 unspecified atom stereocenters. The smallest absolute Gasteiger partial charge is 0.238 e. The van der Waals surface area contributed by atoms with Crippen molar-refractivity contribution in [2.45, 2.75) is 4.90 Å². The molecule has 0 saturated carbocycles. The van der Waals surface area contributed by atoms with E-state index in [9.17, 15) is 13.5 Å². The zero-order valence-corrected chi connectivity index (χ0v) is 11.6. The number of nitrogens with zero attached hydrogens (tertiary/aromatic N) is 2. The molecule has 0 heterocycles. The number of hydrogen-bond donors (Lipinski definition) is 4. The van der Waals surface area contributed by atoms with Crippen LogP contribution in [0.2, 0.25) is 0 Å². The van der Waals surface area contributed by atoms with Crippen LogP contribution in [0.4, 0.5) is 22.7 Å². The minimum Gasteiger partial charge on any atom is -0.504 e. The Hall–Kier alpha value is -2.65. The van der Waals surface area contributed by atoms with Crippen LogP contribution < -0.4 is 16.6 Å². The van der Waals surface area contributed by atoms with Gasteiger partial charge in [0.1, 0.15) is 11.4 Å². The number of hydrogen-bond acceptors (Lipinski definition) is 7. The van der Waals surface area contributed by atoms with Crippen molar-refractivity contribution in [3.8, 4) is 5.75 Å². The minimum atomic E-state index is -3.74. The number of primary sulfonamides is 1. The van der Waals surface area contributed by atoms with E-state index >= 15 is 0 Å². The van der Waals surface area contributed by atoms with Gasteiger partial charge in [-0.05, 0) is 36.4 Å². The molecule has 9 heteroatoms. The number of phenolic OH excluding ortho intramolecular Hbond substituents is 1. The summed E-state index contributed by atoms with van der Waals surface area (Å²) in [7, 11) is -3.74. The summed E-state index contributed by atoms with van der Waals surface area (Å²) in [5, 5.41) is 22.3. The van der Waals surface area contributed by atoms with Crippen molar-refractivity contribution < 1.29 is 13.5 Å². The van der Waals surface area contributed by atoms with Crippen LogP contribution in [0.3, 0.4) is 0 Å². The van der Waals surface area contributed by atoms with E-state index in [-0.39, 0.29) is 27.7 Å². The van der Waals surface area contributed by atoms with E-state index < -0.39 is 10.0 Å². The van der Waals surface area contributed by atoms with E-state index in [1.165, 1.54) is 36.4 Å². The molecule has 2 aromatic rings. The monoisotopic (exact) mass is 307 g/mol. The quantitative estimate of drug-likeness (QED) is 0.385. The van der Waals surface area contributed by atoms with Crippen LogP contribution in [0.15, 0.2) is 51.5 Å². The second-order valence-corrected chi connectivity index (χ2v) is 5.74. The molecule has 0 spiro atoms. The van der Waals surface area contributed by atoms with Gasteiger partial charge in [0.2, 0.25) is 10.0 Å². The van der Waals surface area contributed by atoms with Crippen LogP contribution in [0.1, 0.15) is 0 Å². The van der Waals surface area contributed by atoms with Gasteiger partial charge in [-0.15, -0.1) is 5.11 Å². The van der Waals surface area contributed by atoms with E-state index in [2.05, 4.69) is 10.2 Å². The molecule has 0 atom stereocenters. The van der Waals surface area contributed by atoms with Gasteiger partial charge in [-0.2, -0.15) is 5.11 Å². The van der Waals surface area contributed by atoms with Crippen LogP contribution in [-0.4, -0.2) is 13.5 Å². The lowest BCUT2D eigenvalue weighted by Gasteiger charge is -2.04. The van der Waals surface area contributed by atoms with E-state index in [1.54, 1.807) is 0 Å². The largest absolute Gasteiger partial charge is 0.504 e. The summed E-state index contributed by atoms with van der Waals surface area (Å²) in [4.78, 5) is -0.0221. The summed E-state index contributed by atoms with van der Waals surface area (Å²) >= 11 is 0. The van der Waals surface area contributed by atoms with Gasteiger partial charge in [-0.25, -0.2) is 13.6 Å². The Balaban J connectivity index is 2.28. The fraction of sp³-hybridized carbons (Fsp3) is 0. The Labute approximate surface area is 121 Å². The van der Waals surface area contributed by atoms with Gasteiger partial charge >= 0.3 is 0 Å². The molecule has 0 aliphatic heterocycles. The molecular weight excluding hydrogens is 294 g/mol. The highest BCUT2D eigenvalue weighted by Gasteiger charge is 2.08. The summed E-state index contributed by atoms with van der Waals surface area (Å²) < 4.78 is 22.2. The molecule has 0 fully saturated rings. The SMILES string of the molecule is Nc1ccc(N=Nc2ccc(S(N)(=O)=O)cc2)c(N)c1O. The number of sulfonamides is 1. The number of nitrogen functional groups attached to an aromatic ring is 2. The minimum absolute atomic E-state index is 0.0138. The maximum absolute atomic E-state index is 11.1. The van der Waals surface area contributed by atoms with Gasteiger partial charge in [-0.3, -0.25) is 0 Å². The van der Waals surface area contributed by atoms with Gasteiger partial charge in [0.15, 0.2) is 5.75 Å². The Kier molecular flexibility index (Phi) is 3.78. The highest BCUT2D eigenvalue weighted by atomic mass is 32.2. The average Bonchev–Trinajstić information content (AvgIpc) is 2.43. The summed E-state index contributed by atoms with van der Waals surface area (Å²) in [5.74, 6) is -0.254. The first kappa shape index (κ1) is 14.8. The molecule has 0 bridgehead atoms. The predicted molar refractivity (Wildman–Crippen MR) is 78.9 cm³/mol. The third-order valence-electron chi connectivity index (χ3n) is 2.66. The van der Waals surface area contributed by atoms with Gasteiger partial charge in [-0.1, -0.05) is 0 Å². The molecule has 7 N–H and O–H groups in total. The number of nitrogens with two attached hydrogens (primary N) is 3. The molecule has 0 amide bonds. The lowest BCUT2D eigenvalue weighted by molar-refractivity contribution is 0.481. The summed E-state index contributed by atoms with van der Waals surface area (Å²) in [6, 6.07) is 8.46. The number of phenols is 1. The van der Waals surface area contributed by atoms with Crippen molar-refractivity contribution in [1.29, 1.82) is 0 Å².